The fourth-order valence-corrected chi connectivity index (χ4v) is 2.90. The number of rotatable bonds is 14. The van der Waals surface area contributed by atoms with Gasteiger partial charge in [-0.3, -0.25) is 19.2 Å². The maximum Gasteiger partial charge on any atom is 0.326 e. The van der Waals surface area contributed by atoms with E-state index < -0.39 is 66.4 Å². The number of aliphatic carboxylic acids is 2. The van der Waals surface area contributed by atoms with Crippen LogP contribution in [0.4, 0.5) is 0 Å². The molecule has 3 amide bonds. The topological polar surface area (TPSA) is 208 Å². The van der Waals surface area contributed by atoms with Crippen LogP contribution in [0.1, 0.15) is 19.8 Å². The fourth-order valence-electron chi connectivity index (χ4n) is 2.17. The molecule has 0 bridgehead atoms. The van der Waals surface area contributed by atoms with Crippen molar-refractivity contribution in [3.8, 4) is 0 Å². The van der Waals surface area contributed by atoms with Crippen LogP contribution in [-0.4, -0.2) is 93.0 Å². The molecule has 0 rings (SSSR count). The van der Waals surface area contributed by atoms with Crippen LogP contribution < -0.4 is 21.7 Å². The summed E-state index contributed by atoms with van der Waals surface area (Å²) < 4.78 is 0. The van der Waals surface area contributed by atoms with Crippen LogP contribution in [0.2, 0.25) is 0 Å². The Bertz CT molecular complexity index is 634. The third kappa shape index (κ3) is 10.1. The highest BCUT2D eigenvalue weighted by Gasteiger charge is 2.32. The Morgan fingerprint density at radius 3 is 2.00 bits per heavy atom. The molecule has 0 saturated heterocycles. The first kappa shape index (κ1) is 28.0. The third-order valence-corrected chi connectivity index (χ3v) is 4.84. The van der Waals surface area contributed by atoms with Gasteiger partial charge in [-0.25, -0.2) is 4.79 Å². The van der Waals surface area contributed by atoms with Crippen molar-refractivity contribution in [3.05, 3.63) is 0 Å². The van der Waals surface area contributed by atoms with Crippen molar-refractivity contribution < 1.29 is 39.3 Å². The van der Waals surface area contributed by atoms with Gasteiger partial charge in [-0.15, -0.1) is 0 Å². The highest BCUT2D eigenvalue weighted by molar-refractivity contribution is 7.98. The quantitative estimate of drug-likeness (QED) is 0.125. The number of carbonyl (C=O) groups is 5. The van der Waals surface area contributed by atoms with Crippen LogP contribution >= 0.6 is 24.4 Å². The number of carboxylic acid groups (broad SMARTS) is 2. The van der Waals surface area contributed by atoms with Gasteiger partial charge >= 0.3 is 11.9 Å². The molecule has 0 radical (unpaired) electrons. The Morgan fingerprint density at radius 1 is 1.00 bits per heavy atom. The molecule has 0 heterocycles. The van der Waals surface area contributed by atoms with Gasteiger partial charge in [0.05, 0.1) is 18.6 Å². The van der Waals surface area contributed by atoms with Gasteiger partial charge in [-0.1, -0.05) is 0 Å². The zero-order chi connectivity index (χ0) is 23.4. The van der Waals surface area contributed by atoms with E-state index in [1.165, 1.54) is 18.7 Å². The summed E-state index contributed by atoms with van der Waals surface area (Å²) in [5.41, 5.74) is 5.43. The Morgan fingerprint density at radius 2 is 1.57 bits per heavy atom. The molecule has 5 atom stereocenters. The van der Waals surface area contributed by atoms with E-state index in [0.29, 0.717) is 5.75 Å². The lowest BCUT2D eigenvalue weighted by atomic mass is 10.1. The number of nitrogens with one attached hydrogen (secondary N) is 3. The van der Waals surface area contributed by atoms with Crippen molar-refractivity contribution in [2.24, 2.45) is 5.73 Å². The van der Waals surface area contributed by atoms with Gasteiger partial charge < -0.3 is 37.0 Å². The first-order valence-electron chi connectivity index (χ1n) is 8.83. The van der Waals surface area contributed by atoms with E-state index in [9.17, 15) is 34.2 Å². The van der Waals surface area contributed by atoms with E-state index in [2.05, 4.69) is 28.6 Å². The minimum Gasteiger partial charge on any atom is -0.481 e. The summed E-state index contributed by atoms with van der Waals surface area (Å²) in [6.07, 6.45) is -0.134. The van der Waals surface area contributed by atoms with Crippen LogP contribution in [0.25, 0.3) is 0 Å². The smallest absolute Gasteiger partial charge is 0.326 e. The molecular formula is C16H28N4O8S2. The lowest BCUT2D eigenvalue weighted by Crippen LogP contribution is -2.60. The molecule has 0 spiro atoms. The summed E-state index contributed by atoms with van der Waals surface area (Å²) in [7, 11) is 0. The second kappa shape index (κ2) is 14.1. The number of aliphatic hydroxyl groups excluding tert-OH is 1. The fraction of sp³-hybridized carbons (Fsp3) is 0.688. The number of hydrogen-bond acceptors (Lipinski definition) is 9. The number of thiol groups is 1. The molecule has 0 aromatic carbocycles. The summed E-state index contributed by atoms with van der Waals surface area (Å²) in [5.74, 6) is -4.99. The highest BCUT2D eigenvalue weighted by Crippen LogP contribution is 2.03. The molecule has 0 aliphatic carbocycles. The second-order valence-corrected chi connectivity index (χ2v) is 7.71. The molecule has 0 aromatic rings. The SMILES string of the molecule is CSCCC(NC(=O)C(CS)NC(=O)C(NC(=O)C(N)CC(=O)O)C(C)O)C(=O)O. The Hall–Kier alpha value is -2.03. The molecule has 0 fully saturated rings. The zero-order valence-corrected chi connectivity index (χ0v) is 18.2. The summed E-state index contributed by atoms with van der Waals surface area (Å²) >= 11 is 5.38. The number of carbonyl (C=O) groups excluding carboxylic acids is 3. The van der Waals surface area contributed by atoms with E-state index in [4.69, 9.17) is 10.8 Å². The zero-order valence-electron chi connectivity index (χ0n) is 16.5. The summed E-state index contributed by atoms with van der Waals surface area (Å²) in [5, 5.41) is 34.4. The van der Waals surface area contributed by atoms with Crippen molar-refractivity contribution in [1.82, 2.24) is 16.0 Å². The number of aliphatic hydroxyl groups is 1. The average molecular weight is 469 g/mol. The van der Waals surface area contributed by atoms with Crippen molar-refractivity contribution >= 4 is 54.1 Å². The minimum atomic E-state index is -1.53. The van der Waals surface area contributed by atoms with Gasteiger partial charge in [-0.2, -0.15) is 24.4 Å². The van der Waals surface area contributed by atoms with Crippen molar-refractivity contribution in [2.45, 2.75) is 50.0 Å². The van der Waals surface area contributed by atoms with E-state index >= 15 is 0 Å². The Labute approximate surface area is 183 Å². The summed E-state index contributed by atoms with van der Waals surface area (Å²) in [6, 6.07) is -5.39. The maximum atomic E-state index is 12.5. The standard InChI is InChI=1S/C16H28N4O8S2/c1-7(21)12(20-13(24)8(17)5-11(22)23)15(26)19-10(6-29)14(25)18-9(16(27)28)3-4-30-2/h7-10,12,21,29H,3-6,17H2,1-2H3,(H,18,25)(H,19,26)(H,20,24)(H,22,23)(H,27,28). The predicted molar refractivity (Wildman–Crippen MR) is 112 cm³/mol. The molecular weight excluding hydrogens is 440 g/mol. The highest BCUT2D eigenvalue weighted by atomic mass is 32.2. The van der Waals surface area contributed by atoms with E-state index in [0.717, 1.165) is 0 Å². The number of nitrogens with two attached hydrogens (primary N) is 1. The van der Waals surface area contributed by atoms with Gasteiger partial charge in [0.15, 0.2) is 0 Å². The van der Waals surface area contributed by atoms with Crippen molar-refractivity contribution in [2.75, 3.05) is 17.8 Å². The normalized spacial score (nSPS) is 15.8. The molecule has 5 unspecified atom stereocenters. The molecule has 0 aliphatic heterocycles. The van der Waals surface area contributed by atoms with Crippen LogP contribution in [0.15, 0.2) is 0 Å². The Kier molecular flexibility index (Phi) is 13.1. The number of hydrogen-bond donors (Lipinski definition) is 8. The molecule has 12 nitrogen and oxygen atoms in total. The van der Waals surface area contributed by atoms with Gasteiger partial charge in [0.1, 0.15) is 18.1 Å². The van der Waals surface area contributed by atoms with Crippen LogP contribution in [-0.2, 0) is 24.0 Å². The van der Waals surface area contributed by atoms with Gasteiger partial charge in [0.2, 0.25) is 17.7 Å². The van der Waals surface area contributed by atoms with Crippen LogP contribution in [0.3, 0.4) is 0 Å². The average Bonchev–Trinajstić information content (AvgIpc) is 2.65. The largest absolute Gasteiger partial charge is 0.481 e. The molecule has 0 aromatic heterocycles. The maximum absolute atomic E-state index is 12.5. The van der Waals surface area contributed by atoms with E-state index in [-0.39, 0.29) is 12.2 Å². The van der Waals surface area contributed by atoms with Crippen molar-refractivity contribution in [3.63, 3.8) is 0 Å². The first-order chi connectivity index (χ1) is 13.9. The number of carboxylic acids is 2. The van der Waals surface area contributed by atoms with Crippen LogP contribution in [0.5, 0.6) is 0 Å². The molecule has 8 N–H and O–H groups in total. The van der Waals surface area contributed by atoms with Crippen LogP contribution in [0, 0.1) is 0 Å². The van der Waals surface area contributed by atoms with Crippen molar-refractivity contribution in [1.29, 1.82) is 0 Å². The summed E-state index contributed by atoms with van der Waals surface area (Å²) in [6.45, 7) is 1.20. The van der Waals surface area contributed by atoms with Gasteiger partial charge in [0.25, 0.3) is 0 Å². The first-order valence-corrected chi connectivity index (χ1v) is 10.9. The second-order valence-electron chi connectivity index (χ2n) is 6.36. The number of thioether (sulfide) groups is 1. The number of amides is 3. The predicted octanol–water partition coefficient (Wildman–Crippen LogP) is -2.61. The van der Waals surface area contributed by atoms with Gasteiger partial charge in [-0.05, 0) is 25.4 Å². The molecule has 30 heavy (non-hydrogen) atoms. The minimum absolute atomic E-state index is 0.170. The molecule has 0 saturated carbocycles. The lowest BCUT2D eigenvalue weighted by Gasteiger charge is -2.25. The third-order valence-electron chi connectivity index (χ3n) is 3.83. The lowest BCUT2D eigenvalue weighted by molar-refractivity contribution is -0.142. The van der Waals surface area contributed by atoms with Gasteiger partial charge in [0, 0.05) is 5.75 Å². The molecule has 0 aliphatic rings. The summed E-state index contributed by atoms with van der Waals surface area (Å²) in [4.78, 5) is 58.7. The van der Waals surface area contributed by atoms with E-state index in [1.54, 1.807) is 6.26 Å². The monoisotopic (exact) mass is 468 g/mol. The Balaban J connectivity index is 5.13. The molecule has 172 valence electrons. The van der Waals surface area contributed by atoms with E-state index in [1.807, 2.05) is 0 Å². The molecule has 14 heteroatoms.